The Morgan fingerprint density at radius 3 is 2.81 bits per heavy atom. The van der Waals surface area contributed by atoms with Gasteiger partial charge in [0.2, 0.25) is 5.91 Å². The summed E-state index contributed by atoms with van der Waals surface area (Å²) in [6.45, 7) is 2.13. The van der Waals surface area contributed by atoms with Gasteiger partial charge in [-0.1, -0.05) is 6.92 Å². The minimum Gasteiger partial charge on any atom is -0.480 e. The smallest absolute Gasteiger partial charge is 0.328 e. The first-order valence-corrected chi connectivity index (χ1v) is 7.11. The van der Waals surface area contributed by atoms with Crippen LogP contribution in [0.4, 0.5) is 0 Å². The zero-order valence-electron chi connectivity index (χ0n) is 12.3. The van der Waals surface area contributed by atoms with Crippen molar-refractivity contribution in [3.05, 3.63) is 23.7 Å². The molecule has 1 aliphatic carbocycles. The van der Waals surface area contributed by atoms with Gasteiger partial charge in [-0.15, -0.1) is 0 Å². The molecule has 21 heavy (non-hydrogen) atoms. The highest BCUT2D eigenvalue weighted by Crippen LogP contribution is 2.47. The van der Waals surface area contributed by atoms with Gasteiger partial charge < -0.3 is 19.6 Å². The van der Waals surface area contributed by atoms with E-state index in [1.165, 1.54) is 7.11 Å². The fourth-order valence-electron chi connectivity index (χ4n) is 2.29. The number of hydrogen-bond acceptors (Lipinski definition) is 4. The molecular weight excluding hydrogens is 274 g/mol. The van der Waals surface area contributed by atoms with Crippen molar-refractivity contribution in [2.24, 2.45) is 5.92 Å². The number of hydrogen-bond donors (Lipinski definition) is 2. The number of aliphatic carboxylic acids is 1. The zero-order valence-corrected chi connectivity index (χ0v) is 12.3. The molecule has 6 heteroatoms. The number of rotatable bonds is 8. The lowest BCUT2D eigenvalue weighted by atomic mass is 10.2. The summed E-state index contributed by atoms with van der Waals surface area (Å²) in [5.41, 5.74) is 0. The lowest BCUT2D eigenvalue weighted by molar-refractivity contribution is -0.143. The summed E-state index contributed by atoms with van der Waals surface area (Å²) in [5.74, 6) is 1.52. The van der Waals surface area contributed by atoms with Crippen molar-refractivity contribution in [2.45, 2.75) is 38.1 Å². The number of carboxylic acid groups (broad SMARTS) is 1. The second kappa shape index (κ2) is 6.76. The van der Waals surface area contributed by atoms with Crippen molar-refractivity contribution in [3.8, 4) is 0 Å². The number of amides is 1. The Morgan fingerprint density at radius 1 is 1.52 bits per heavy atom. The van der Waals surface area contributed by atoms with E-state index in [0.29, 0.717) is 18.3 Å². The first-order chi connectivity index (χ1) is 10.0. The number of carbonyl (C=O) groups is 2. The van der Waals surface area contributed by atoms with E-state index in [1.54, 1.807) is 0 Å². The SMILES string of the molecule is COCC(NC(=O)CCc1ccc(C2CC2C)o1)C(=O)O. The minimum atomic E-state index is -1.10. The molecule has 0 aliphatic heterocycles. The van der Waals surface area contributed by atoms with E-state index in [0.717, 1.165) is 17.9 Å². The number of ether oxygens (including phenoxy) is 1. The summed E-state index contributed by atoms with van der Waals surface area (Å²) in [7, 11) is 1.39. The van der Waals surface area contributed by atoms with E-state index in [-0.39, 0.29) is 18.9 Å². The maximum atomic E-state index is 11.7. The molecule has 1 saturated carbocycles. The number of furan rings is 1. The summed E-state index contributed by atoms with van der Waals surface area (Å²) in [6.07, 6.45) is 1.82. The van der Waals surface area contributed by atoms with Crippen molar-refractivity contribution in [1.29, 1.82) is 0 Å². The van der Waals surface area contributed by atoms with Crippen LogP contribution in [0.5, 0.6) is 0 Å². The van der Waals surface area contributed by atoms with Gasteiger partial charge in [0.15, 0.2) is 6.04 Å². The molecule has 0 spiro atoms. The van der Waals surface area contributed by atoms with Crippen molar-refractivity contribution in [2.75, 3.05) is 13.7 Å². The predicted molar refractivity (Wildman–Crippen MR) is 75.0 cm³/mol. The van der Waals surface area contributed by atoms with E-state index in [1.807, 2.05) is 12.1 Å². The van der Waals surface area contributed by atoms with Crippen molar-refractivity contribution in [1.82, 2.24) is 5.32 Å². The molecular formula is C15H21NO5. The molecule has 1 amide bonds. The lowest BCUT2D eigenvalue weighted by Gasteiger charge is -2.12. The van der Waals surface area contributed by atoms with Crippen molar-refractivity contribution >= 4 is 11.9 Å². The molecule has 6 nitrogen and oxygen atoms in total. The number of methoxy groups -OCH3 is 1. The Hall–Kier alpha value is -1.82. The molecule has 2 N–H and O–H groups in total. The molecule has 3 unspecified atom stereocenters. The van der Waals surface area contributed by atoms with Crippen LogP contribution in [0.3, 0.4) is 0 Å². The van der Waals surface area contributed by atoms with Crippen LogP contribution < -0.4 is 5.32 Å². The minimum absolute atomic E-state index is 0.0501. The van der Waals surface area contributed by atoms with Gasteiger partial charge in [-0.2, -0.15) is 0 Å². The Labute approximate surface area is 123 Å². The molecule has 0 radical (unpaired) electrons. The molecule has 0 saturated heterocycles. The van der Waals surface area contributed by atoms with Crippen molar-refractivity contribution in [3.63, 3.8) is 0 Å². The molecule has 2 rings (SSSR count). The normalized spacial score (nSPS) is 21.8. The molecule has 1 aromatic rings. The fourth-order valence-corrected chi connectivity index (χ4v) is 2.29. The maximum Gasteiger partial charge on any atom is 0.328 e. The predicted octanol–water partition coefficient (Wildman–Crippen LogP) is 1.55. The van der Waals surface area contributed by atoms with Crippen LogP contribution in [0, 0.1) is 5.92 Å². The van der Waals surface area contributed by atoms with E-state index < -0.39 is 12.0 Å². The zero-order chi connectivity index (χ0) is 15.4. The largest absolute Gasteiger partial charge is 0.480 e. The molecule has 1 aromatic heterocycles. The highest BCUT2D eigenvalue weighted by molar-refractivity contribution is 5.83. The maximum absolute atomic E-state index is 11.7. The van der Waals surface area contributed by atoms with Gasteiger partial charge in [0.05, 0.1) is 6.61 Å². The third-order valence-corrected chi connectivity index (χ3v) is 3.72. The third kappa shape index (κ3) is 4.32. The van der Waals surface area contributed by atoms with E-state index >= 15 is 0 Å². The number of aryl methyl sites for hydroxylation is 1. The second-order valence-corrected chi connectivity index (χ2v) is 5.54. The van der Waals surface area contributed by atoms with Gasteiger partial charge in [-0.3, -0.25) is 4.79 Å². The summed E-state index contributed by atoms with van der Waals surface area (Å²) in [6, 6.07) is 2.84. The van der Waals surface area contributed by atoms with Crippen molar-refractivity contribution < 1.29 is 23.8 Å². The van der Waals surface area contributed by atoms with Gasteiger partial charge in [0, 0.05) is 25.9 Å². The summed E-state index contributed by atoms with van der Waals surface area (Å²) < 4.78 is 10.5. The molecule has 3 atom stereocenters. The van der Waals surface area contributed by atoms with Crippen LogP contribution in [0.1, 0.15) is 37.2 Å². The topological polar surface area (TPSA) is 88.8 Å². The molecule has 1 fully saturated rings. The molecule has 1 heterocycles. The van der Waals surface area contributed by atoms with Gasteiger partial charge in [-0.25, -0.2) is 4.79 Å². The van der Waals surface area contributed by atoms with Crippen LogP contribution in [-0.2, 0) is 20.7 Å². The summed E-state index contributed by atoms with van der Waals surface area (Å²) in [5, 5.41) is 11.4. The standard InChI is InChI=1S/C15H21NO5/c1-9-7-11(9)13-5-3-10(21-13)4-6-14(17)16-12(8-20-2)15(18)19/h3,5,9,11-12H,4,6-8H2,1-2H3,(H,16,17)(H,18,19). The molecule has 0 bridgehead atoms. The Kier molecular flexibility index (Phi) is 5.01. The Morgan fingerprint density at radius 2 is 2.24 bits per heavy atom. The highest BCUT2D eigenvalue weighted by Gasteiger charge is 2.36. The Balaban J connectivity index is 1.78. The van der Waals surface area contributed by atoms with Crippen LogP contribution in [0.25, 0.3) is 0 Å². The average molecular weight is 295 g/mol. The number of carboxylic acids is 1. The van der Waals surface area contributed by atoms with Gasteiger partial charge in [-0.05, 0) is 24.5 Å². The summed E-state index contributed by atoms with van der Waals surface area (Å²) in [4.78, 5) is 22.6. The first kappa shape index (κ1) is 15.6. The van der Waals surface area contributed by atoms with Gasteiger partial charge >= 0.3 is 5.97 Å². The monoisotopic (exact) mass is 295 g/mol. The first-order valence-electron chi connectivity index (χ1n) is 7.11. The molecule has 116 valence electrons. The van der Waals surface area contributed by atoms with E-state index in [2.05, 4.69) is 12.2 Å². The average Bonchev–Trinajstić information content (AvgIpc) is 2.99. The van der Waals surface area contributed by atoms with Gasteiger partial charge in [0.1, 0.15) is 11.5 Å². The fraction of sp³-hybridized carbons (Fsp3) is 0.600. The van der Waals surface area contributed by atoms with Crippen LogP contribution in [0.15, 0.2) is 16.5 Å². The highest BCUT2D eigenvalue weighted by atomic mass is 16.5. The van der Waals surface area contributed by atoms with Crippen LogP contribution in [-0.4, -0.2) is 36.7 Å². The number of carbonyl (C=O) groups excluding carboxylic acids is 1. The second-order valence-electron chi connectivity index (χ2n) is 5.54. The van der Waals surface area contributed by atoms with Crippen LogP contribution >= 0.6 is 0 Å². The third-order valence-electron chi connectivity index (χ3n) is 3.72. The molecule has 1 aliphatic rings. The van der Waals surface area contributed by atoms with Crippen LogP contribution in [0.2, 0.25) is 0 Å². The summed E-state index contributed by atoms with van der Waals surface area (Å²) >= 11 is 0. The van der Waals surface area contributed by atoms with E-state index in [4.69, 9.17) is 14.3 Å². The number of nitrogens with one attached hydrogen (secondary N) is 1. The van der Waals surface area contributed by atoms with Gasteiger partial charge in [0.25, 0.3) is 0 Å². The van der Waals surface area contributed by atoms with E-state index in [9.17, 15) is 9.59 Å². The quantitative estimate of drug-likeness (QED) is 0.759. The Bertz CT molecular complexity index is 510. The molecule has 0 aromatic carbocycles. The lowest BCUT2D eigenvalue weighted by Crippen LogP contribution is -2.43.